The first-order chi connectivity index (χ1) is 13.8. The third-order valence-electron chi connectivity index (χ3n) is 4.50. The van der Waals surface area contributed by atoms with Crippen molar-refractivity contribution < 1.29 is 28.4 Å². The fraction of sp³-hybridized carbons (Fsp3) is 0.240. The Kier molecular flexibility index (Phi) is 10.7. The van der Waals surface area contributed by atoms with Crippen LogP contribution in [0.1, 0.15) is 41.7 Å². The van der Waals surface area contributed by atoms with Gasteiger partial charge in [0.2, 0.25) is 0 Å². The molecule has 0 spiro atoms. The number of aromatic nitrogens is 1. The van der Waals surface area contributed by atoms with Crippen LogP contribution in [0.4, 0.5) is 11.4 Å². The number of aryl methyl sites for hydroxylation is 4. The summed E-state index contributed by atoms with van der Waals surface area (Å²) in [5.74, 6) is 0. The second kappa shape index (κ2) is 12.4. The fourth-order valence-electron chi connectivity index (χ4n) is 2.92. The quantitative estimate of drug-likeness (QED) is 0.432. The number of hydrogen-bond acceptors (Lipinski definition) is 3. The van der Waals surface area contributed by atoms with Crippen LogP contribution in [0.15, 0.2) is 70.9 Å². The van der Waals surface area contributed by atoms with Crippen LogP contribution >= 0.6 is 0 Å². The van der Waals surface area contributed by atoms with Crippen molar-refractivity contribution in [2.45, 2.75) is 41.5 Å². The molecule has 0 N–H and O–H groups in total. The molecule has 3 rings (SSSR count). The van der Waals surface area contributed by atoms with Crippen molar-refractivity contribution in [2.24, 2.45) is 9.98 Å². The van der Waals surface area contributed by atoms with E-state index in [0.717, 1.165) is 27.3 Å². The predicted molar refractivity (Wildman–Crippen MR) is 121 cm³/mol. The van der Waals surface area contributed by atoms with Gasteiger partial charge in [-0.25, -0.2) is 0 Å². The van der Waals surface area contributed by atoms with Crippen molar-refractivity contribution in [3.05, 3.63) is 88.7 Å². The Morgan fingerprint density at radius 3 is 1.60 bits per heavy atom. The van der Waals surface area contributed by atoms with E-state index in [1.165, 1.54) is 22.3 Å². The fourth-order valence-corrected chi connectivity index (χ4v) is 3.05. The molecule has 0 bridgehead atoms. The molecule has 2 aromatic carbocycles. The number of pyridine rings is 1. The normalized spacial score (nSPS) is 11.3. The van der Waals surface area contributed by atoms with E-state index >= 15 is 0 Å². The summed E-state index contributed by atoms with van der Waals surface area (Å²) >= 11 is 3.77. The summed E-state index contributed by atoms with van der Waals surface area (Å²) in [5.41, 5.74) is 9.00. The smallest absolute Gasteiger partial charge is 1.00 e. The second-order valence-electron chi connectivity index (χ2n) is 7.01. The van der Waals surface area contributed by atoms with Crippen molar-refractivity contribution in [3.8, 4) is 0 Å². The summed E-state index contributed by atoms with van der Waals surface area (Å²) in [7, 11) is 0. The van der Waals surface area contributed by atoms with Gasteiger partial charge in [-0.2, -0.15) is 0 Å². The Bertz CT molecular complexity index is 983. The molecule has 0 aliphatic rings. The number of hydrogen-bond donors (Lipinski definition) is 0. The van der Waals surface area contributed by atoms with Gasteiger partial charge in [0.25, 0.3) is 0 Å². The van der Waals surface area contributed by atoms with E-state index in [-0.39, 0.29) is 12.4 Å². The molecule has 0 aliphatic carbocycles. The molecule has 1 aromatic heterocycles. The van der Waals surface area contributed by atoms with Crippen LogP contribution in [-0.4, -0.2) is 15.3 Å². The Hall–Kier alpha value is -2.26. The summed E-state index contributed by atoms with van der Waals surface area (Å²) in [5, 5.41) is 0. The largest absolute Gasteiger partial charge is 1.00 e. The minimum absolute atomic E-state index is 0. The van der Waals surface area contributed by atoms with Crippen LogP contribution in [-0.2, 0) is 16.0 Å². The van der Waals surface area contributed by atoms with Crippen LogP contribution < -0.4 is 12.4 Å². The van der Waals surface area contributed by atoms with Gasteiger partial charge in [0.1, 0.15) is 0 Å². The molecule has 0 saturated heterocycles. The molecular weight excluding hydrogens is 434 g/mol. The third kappa shape index (κ3) is 7.53. The van der Waals surface area contributed by atoms with Gasteiger partial charge in [0, 0.05) is 23.7 Å². The van der Waals surface area contributed by atoms with Gasteiger partial charge in [-0.3, -0.25) is 9.98 Å². The molecule has 5 heteroatoms. The van der Waals surface area contributed by atoms with Gasteiger partial charge in [0.05, 0.1) is 5.69 Å². The number of para-hydroxylation sites is 2. The van der Waals surface area contributed by atoms with Crippen molar-refractivity contribution in [3.63, 3.8) is 0 Å². The van der Waals surface area contributed by atoms with Crippen LogP contribution in [0.5, 0.6) is 0 Å². The number of nitrogens with zero attached hydrogens (tertiary/aromatic N) is 3. The Morgan fingerprint density at radius 2 is 1.20 bits per heavy atom. The standard InChI is InChI=1S/C15H16N2.C10H12N.ClH.Fe/c1-11-6-4-7-12(2)15(11)17-13(3)14-8-5-9-16-10-14;1-4-11-10-8(2)6-5-7-9(10)3;;/h4-10H,1-3H3;5-7H,1-3H3;1H;/q;;;+1/p-1. The monoisotopic (exact) mass is 461 g/mol. The second-order valence-corrected chi connectivity index (χ2v) is 7.81. The van der Waals surface area contributed by atoms with Crippen molar-refractivity contribution in [1.29, 1.82) is 0 Å². The maximum atomic E-state index is 4.70. The zero-order valence-corrected chi connectivity index (χ0v) is 20.2. The Balaban J connectivity index is 0.000000308. The van der Waals surface area contributed by atoms with Crippen LogP contribution in [0.25, 0.3) is 0 Å². The number of aliphatic imine (C=N–C) groups is 2. The summed E-state index contributed by atoms with van der Waals surface area (Å²) < 4.78 is 0.854. The van der Waals surface area contributed by atoms with E-state index in [2.05, 4.69) is 84.0 Å². The maximum Gasteiger partial charge on any atom is -1.00 e. The summed E-state index contributed by atoms with van der Waals surface area (Å²) in [4.78, 5) is 13.2. The van der Waals surface area contributed by atoms with Crippen molar-refractivity contribution >= 4 is 21.7 Å². The zero-order valence-electron chi connectivity index (χ0n) is 18.3. The molecule has 3 aromatic rings. The maximum absolute atomic E-state index is 4.70. The molecule has 0 radical (unpaired) electrons. The summed E-state index contributed by atoms with van der Waals surface area (Å²) in [6, 6.07) is 16.4. The van der Waals surface area contributed by atoms with Crippen molar-refractivity contribution in [1.82, 2.24) is 4.98 Å². The van der Waals surface area contributed by atoms with Crippen molar-refractivity contribution in [2.75, 3.05) is 0 Å². The molecular formula is C25H28ClFeN3. The molecule has 0 saturated carbocycles. The van der Waals surface area contributed by atoms with Gasteiger partial charge in [-0.15, -0.1) is 0 Å². The van der Waals surface area contributed by atoms with E-state index < -0.39 is 0 Å². The van der Waals surface area contributed by atoms with E-state index in [9.17, 15) is 0 Å². The minimum atomic E-state index is 0. The van der Waals surface area contributed by atoms with Gasteiger partial charge >= 0.3 is 81.4 Å². The first kappa shape index (κ1) is 25.8. The first-order valence-electron chi connectivity index (χ1n) is 9.57. The number of benzene rings is 2. The average molecular weight is 462 g/mol. The van der Waals surface area contributed by atoms with Crippen LogP contribution in [0.2, 0.25) is 0 Å². The third-order valence-corrected chi connectivity index (χ3v) is 4.62. The molecule has 0 fully saturated rings. The van der Waals surface area contributed by atoms with Gasteiger partial charge in [-0.1, -0.05) is 24.3 Å². The minimum Gasteiger partial charge on any atom is -1.00 e. The van der Waals surface area contributed by atoms with E-state index in [4.69, 9.17) is 4.99 Å². The SMILES string of the molecule is CC(=Nc1c(C)cccc1C)c1cccnc1.C[C]([Fe+])=Nc1c(C)cccc1C.[Cl-]. The number of halogens is 1. The molecule has 158 valence electrons. The zero-order chi connectivity index (χ0) is 21.4. The first-order valence-corrected chi connectivity index (χ1v) is 10.1. The molecule has 0 aliphatic heterocycles. The molecule has 0 amide bonds. The van der Waals surface area contributed by atoms with Gasteiger partial charge < -0.3 is 12.4 Å². The molecule has 30 heavy (non-hydrogen) atoms. The van der Waals surface area contributed by atoms with Gasteiger partial charge in [0.15, 0.2) is 0 Å². The van der Waals surface area contributed by atoms with Gasteiger partial charge in [-0.05, 0) is 38.0 Å². The Morgan fingerprint density at radius 1 is 0.733 bits per heavy atom. The molecule has 0 unspecified atom stereocenters. The number of rotatable bonds is 3. The average Bonchev–Trinajstić information content (AvgIpc) is 2.69. The molecule has 0 atom stereocenters. The topological polar surface area (TPSA) is 37.6 Å². The molecule has 1 heterocycles. The predicted octanol–water partition coefficient (Wildman–Crippen LogP) is 3.74. The van der Waals surface area contributed by atoms with Crippen LogP contribution in [0, 0.1) is 27.7 Å². The van der Waals surface area contributed by atoms with E-state index in [0.29, 0.717) is 0 Å². The van der Waals surface area contributed by atoms with E-state index in [1.807, 2.05) is 38.2 Å². The summed E-state index contributed by atoms with van der Waals surface area (Å²) in [6.45, 7) is 12.2. The molecule has 3 nitrogen and oxygen atoms in total. The van der Waals surface area contributed by atoms with E-state index in [1.54, 1.807) is 6.20 Å². The van der Waals surface area contributed by atoms with Crippen LogP contribution in [0.3, 0.4) is 0 Å². The summed E-state index contributed by atoms with van der Waals surface area (Å²) in [6.07, 6.45) is 3.61. The Labute approximate surface area is 195 Å².